The van der Waals surface area contributed by atoms with E-state index in [-0.39, 0.29) is 0 Å². The predicted octanol–water partition coefficient (Wildman–Crippen LogP) is 2.71. The Kier molecular flexibility index (Phi) is 4.25. The second-order valence-corrected chi connectivity index (χ2v) is 4.56. The SMILES string of the molecule is COc1ccc(C(N)=O)cc1NCc1ccccc1C. The molecule has 0 fully saturated rings. The third kappa shape index (κ3) is 3.09. The van der Waals surface area contributed by atoms with Gasteiger partial charge in [0.1, 0.15) is 5.75 Å². The zero-order chi connectivity index (χ0) is 14.5. The van der Waals surface area contributed by atoms with Gasteiger partial charge >= 0.3 is 0 Å². The fraction of sp³-hybridized carbons (Fsp3) is 0.188. The number of hydrogen-bond donors (Lipinski definition) is 2. The molecule has 0 aliphatic carbocycles. The summed E-state index contributed by atoms with van der Waals surface area (Å²) in [5.74, 6) is 0.232. The van der Waals surface area contributed by atoms with Crippen LogP contribution in [0.4, 0.5) is 5.69 Å². The van der Waals surface area contributed by atoms with Gasteiger partial charge in [-0.25, -0.2) is 0 Å². The Balaban J connectivity index is 2.22. The zero-order valence-electron chi connectivity index (χ0n) is 11.6. The molecule has 2 aromatic carbocycles. The Labute approximate surface area is 118 Å². The summed E-state index contributed by atoms with van der Waals surface area (Å²) >= 11 is 0. The van der Waals surface area contributed by atoms with E-state index in [9.17, 15) is 4.79 Å². The molecule has 20 heavy (non-hydrogen) atoms. The number of aryl methyl sites for hydroxylation is 1. The van der Waals surface area contributed by atoms with Crippen LogP contribution in [0.2, 0.25) is 0 Å². The average Bonchev–Trinajstić information content (AvgIpc) is 2.46. The first-order valence-corrected chi connectivity index (χ1v) is 6.38. The topological polar surface area (TPSA) is 64.3 Å². The molecule has 4 nitrogen and oxygen atoms in total. The highest BCUT2D eigenvalue weighted by Gasteiger charge is 2.08. The van der Waals surface area contributed by atoms with Gasteiger partial charge in [-0.15, -0.1) is 0 Å². The summed E-state index contributed by atoms with van der Waals surface area (Å²) < 4.78 is 5.28. The molecule has 2 aromatic rings. The molecule has 4 heteroatoms. The molecule has 0 aromatic heterocycles. The van der Waals surface area contributed by atoms with Crippen molar-refractivity contribution >= 4 is 11.6 Å². The lowest BCUT2D eigenvalue weighted by atomic mass is 10.1. The minimum Gasteiger partial charge on any atom is -0.495 e. The van der Waals surface area contributed by atoms with Gasteiger partial charge in [0.2, 0.25) is 5.91 Å². The first-order valence-electron chi connectivity index (χ1n) is 6.38. The Morgan fingerprint density at radius 3 is 2.65 bits per heavy atom. The van der Waals surface area contributed by atoms with Crippen LogP contribution in [0.15, 0.2) is 42.5 Å². The molecule has 0 bridgehead atoms. The van der Waals surface area contributed by atoms with Gasteiger partial charge in [0.05, 0.1) is 12.8 Å². The van der Waals surface area contributed by atoms with Crippen molar-refractivity contribution in [3.63, 3.8) is 0 Å². The van der Waals surface area contributed by atoms with Crippen molar-refractivity contribution in [1.82, 2.24) is 0 Å². The zero-order valence-corrected chi connectivity index (χ0v) is 11.6. The number of nitrogens with two attached hydrogens (primary N) is 1. The van der Waals surface area contributed by atoms with Crippen molar-refractivity contribution in [2.24, 2.45) is 5.73 Å². The van der Waals surface area contributed by atoms with Crippen LogP contribution in [0.3, 0.4) is 0 Å². The molecule has 3 N–H and O–H groups in total. The van der Waals surface area contributed by atoms with Crippen LogP contribution in [-0.4, -0.2) is 13.0 Å². The number of carbonyl (C=O) groups is 1. The normalized spacial score (nSPS) is 10.1. The van der Waals surface area contributed by atoms with Crippen molar-refractivity contribution in [3.8, 4) is 5.75 Å². The first kappa shape index (κ1) is 13.9. The molecule has 0 atom stereocenters. The average molecular weight is 270 g/mol. The highest BCUT2D eigenvalue weighted by atomic mass is 16.5. The number of hydrogen-bond acceptors (Lipinski definition) is 3. The summed E-state index contributed by atoms with van der Waals surface area (Å²) in [4.78, 5) is 11.2. The number of primary amides is 1. The minimum atomic E-state index is -0.452. The van der Waals surface area contributed by atoms with Crippen molar-refractivity contribution in [3.05, 3.63) is 59.2 Å². The molecule has 0 aliphatic rings. The van der Waals surface area contributed by atoms with Crippen LogP contribution in [0.25, 0.3) is 0 Å². The number of rotatable bonds is 5. The van der Waals surface area contributed by atoms with E-state index in [0.29, 0.717) is 17.9 Å². The Hall–Kier alpha value is -2.49. The van der Waals surface area contributed by atoms with E-state index >= 15 is 0 Å². The van der Waals surface area contributed by atoms with Crippen LogP contribution < -0.4 is 15.8 Å². The second kappa shape index (κ2) is 6.10. The monoisotopic (exact) mass is 270 g/mol. The van der Waals surface area contributed by atoms with E-state index in [0.717, 1.165) is 5.69 Å². The van der Waals surface area contributed by atoms with Gasteiger partial charge < -0.3 is 15.8 Å². The molecule has 0 saturated carbocycles. The highest BCUT2D eigenvalue weighted by molar-refractivity contribution is 5.94. The molecular weight excluding hydrogens is 252 g/mol. The maximum atomic E-state index is 11.2. The van der Waals surface area contributed by atoms with Gasteiger partial charge in [0.15, 0.2) is 0 Å². The molecule has 1 amide bonds. The van der Waals surface area contributed by atoms with E-state index < -0.39 is 5.91 Å². The minimum absolute atomic E-state index is 0.452. The van der Waals surface area contributed by atoms with Crippen LogP contribution in [0.5, 0.6) is 5.75 Å². The van der Waals surface area contributed by atoms with Crippen molar-refractivity contribution in [2.75, 3.05) is 12.4 Å². The number of benzene rings is 2. The predicted molar refractivity (Wildman–Crippen MR) is 80.0 cm³/mol. The maximum absolute atomic E-state index is 11.2. The first-order chi connectivity index (χ1) is 9.61. The fourth-order valence-electron chi connectivity index (χ4n) is 2.00. The summed E-state index contributed by atoms with van der Waals surface area (Å²) in [5.41, 5.74) is 8.92. The number of ether oxygens (including phenoxy) is 1. The summed E-state index contributed by atoms with van der Waals surface area (Å²) in [7, 11) is 1.60. The number of methoxy groups -OCH3 is 1. The van der Waals surface area contributed by atoms with Crippen LogP contribution >= 0.6 is 0 Å². The molecule has 0 aliphatic heterocycles. The molecule has 2 rings (SSSR count). The van der Waals surface area contributed by atoms with Crippen molar-refractivity contribution in [1.29, 1.82) is 0 Å². The summed E-state index contributed by atoms with van der Waals surface area (Å²) in [6, 6.07) is 13.2. The maximum Gasteiger partial charge on any atom is 0.248 e. The van der Waals surface area contributed by atoms with Gasteiger partial charge in [-0.2, -0.15) is 0 Å². The van der Waals surface area contributed by atoms with Gasteiger partial charge in [-0.3, -0.25) is 4.79 Å². The Morgan fingerprint density at radius 2 is 2.00 bits per heavy atom. The number of nitrogens with one attached hydrogen (secondary N) is 1. The molecule has 104 valence electrons. The lowest BCUT2D eigenvalue weighted by Gasteiger charge is -2.13. The van der Waals surface area contributed by atoms with Gasteiger partial charge in [-0.1, -0.05) is 24.3 Å². The van der Waals surface area contributed by atoms with Gasteiger partial charge in [0, 0.05) is 12.1 Å². The van der Waals surface area contributed by atoms with E-state index in [4.69, 9.17) is 10.5 Å². The summed E-state index contributed by atoms with van der Waals surface area (Å²) in [6.07, 6.45) is 0. The van der Waals surface area contributed by atoms with E-state index in [1.165, 1.54) is 11.1 Å². The lowest BCUT2D eigenvalue weighted by molar-refractivity contribution is 0.100. The van der Waals surface area contributed by atoms with Crippen LogP contribution in [-0.2, 0) is 6.54 Å². The van der Waals surface area contributed by atoms with Gasteiger partial charge in [-0.05, 0) is 36.2 Å². The number of amides is 1. The van der Waals surface area contributed by atoms with E-state index in [2.05, 4.69) is 24.4 Å². The van der Waals surface area contributed by atoms with Crippen LogP contribution in [0.1, 0.15) is 21.5 Å². The molecule has 0 spiro atoms. The third-order valence-electron chi connectivity index (χ3n) is 3.21. The summed E-state index contributed by atoms with van der Waals surface area (Å²) in [6.45, 7) is 2.72. The Morgan fingerprint density at radius 1 is 1.25 bits per heavy atom. The van der Waals surface area contributed by atoms with Crippen LogP contribution in [0, 0.1) is 6.92 Å². The van der Waals surface area contributed by atoms with Crippen molar-refractivity contribution < 1.29 is 9.53 Å². The smallest absolute Gasteiger partial charge is 0.248 e. The van der Waals surface area contributed by atoms with Crippen molar-refractivity contribution in [2.45, 2.75) is 13.5 Å². The Bertz CT molecular complexity index is 624. The molecule has 0 unspecified atom stereocenters. The second-order valence-electron chi connectivity index (χ2n) is 4.56. The molecular formula is C16H18N2O2. The summed E-state index contributed by atoms with van der Waals surface area (Å²) in [5, 5.41) is 3.28. The fourth-order valence-corrected chi connectivity index (χ4v) is 2.00. The molecule has 0 heterocycles. The molecule has 0 radical (unpaired) electrons. The van der Waals surface area contributed by atoms with E-state index in [1.54, 1.807) is 25.3 Å². The van der Waals surface area contributed by atoms with E-state index in [1.807, 2.05) is 12.1 Å². The quantitative estimate of drug-likeness (QED) is 0.878. The third-order valence-corrected chi connectivity index (χ3v) is 3.21. The largest absolute Gasteiger partial charge is 0.495 e. The number of carbonyl (C=O) groups excluding carboxylic acids is 1. The molecule has 0 saturated heterocycles. The number of anilines is 1. The standard InChI is InChI=1S/C16H18N2O2/c1-11-5-3-4-6-13(11)10-18-14-9-12(16(17)19)7-8-15(14)20-2/h3-9,18H,10H2,1-2H3,(H2,17,19). The highest BCUT2D eigenvalue weighted by Crippen LogP contribution is 2.26. The lowest BCUT2D eigenvalue weighted by Crippen LogP contribution is -2.12. The van der Waals surface area contributed by atoms with Gasteiger partial charge in [0.25, 0.3) is 0 Å².